The van der Waals surface area contributed by atoms with Crippen molar-refractivity contribution in [2.24, 2.45) is 5.41 Å². The van der Waals surface area contributed by atoms with Crippen molar-refractivity contribution in [1.29, 1.82) is 0 Å². The van der Waals surface area contributed by atoms with Crippen LogP contribution in [0.15, 0.2) is 30.3 Å². The molecular formula is C18H24N2O2. The monoisotopic (exact) mass is 300 g/mol. The predicted octanol–water partition coefficient (Wildman–Crippen LogP) is 2.53. The SMILES string of the molecule is O=C(NCc1ccccc1)C1(C(=O)NC2CCCCC2)CC1. The third kappa shape index (κ3) is 3.32. The summed E-state index contributed by atoms with van der Waals surface area (Å²) in [4.78, 5) is 24.9. The molecule has 2 N–H and O–H groups in total. The van der Waals surface area contributed by atoms with Gasteiger partial charge in [0.05, 0.1) is 0 Å². The number of amides is 2. The minimum absolute atomic E-state index is 0.0649. The fourth-order valence-electron chi connectivity index (χ4n) is 3.20. The van der Waals surface area contributed by atoms with Crippen LogP contribution in [0.5, 0.6) is 0 Å². The van der Waals surface area contributed by atoms with Gasteiger partial charge < -0.3 is 10.6 Å². The van der Waals surface area contributed by atoms with Crippen LogP contribution in [0.2, 0.25) is 0 Å². The number of nitrogens with one attached hydrogen (secondary N) is 2. The summed E-state index contributed by atoms with van der Waals surface area (Å²) in [5.41, 5.74) is 0.256. The maximum Gasteiger partial charge on any atom is 0.235 e. The van der Waals surface area contributed by atoms with Gasteiger partial charge in [0.15, 0.2) is 0 Å². The highest BCUT2D eigenvalue weighted by molar-refractivity contribution is 6.07. The molecule has 4 heteroatoms. The van der Waals surface area contributed by atoms with E-state index >= 15 is 0 Å². The lowest BCUT2D eigenvalue weighted by molar-refractivity contribution is -0.137. The van der Waals surface area contributed by atoms with E-state index in [0.29, 0.717) is 19.4 Å². The van der Waals surface area contributed by atoms with Gasteiger partial charge in [0, 0.05) is 12.6 Å². The number of rotatable bonds is 5. The summed E-state index contributed by atoms with van der Waals surface area (Å²) in [6.07, 6.45) is 7.06. The predicted molar refractivity (Wildman–Crippen MR) is 85.0 cm³/mol. The molecule has 4 nitrogen and oxygen atoms in total. The number of carbonyl (C=O) groups excluding carboxylic acids is 2. The van der Waals surface area contributed by atoms with Crippen LogP contribution in [-0.2, 0) is 16.1 Å². The molecule has 1 aromatic rings. The Balaban J connectivity index is 1.53. The van der Waals surface area contributed by atoms with Gasteiger partial charge in [-0.15, -0.1) is 0 Å². The molecule has 0 atom stereocenters. The Kier molecular flexibility index (Phi) is 4.46. The van der Waals surface area contributed by atoms with Crippen molar-refractivity contribution in [3.8, 4) is 0 Å². The maximum absolute atomic E-state index is 12.5. The lowest BCUT2D eigenvalue weighted by Crippen LogP contribution is -2.46. The van der Waals surface area contributed by atoms with Gasteiger partial charge in [-0.1, -0.05) is 49.6 Å². The van der Waals surface area contributed by atoms with E-state index in [1.165, 1.54) is 19.3 Å². The van der Waals surface area contributed by atoms with Gasteiger partial charge in [-0.05, 0) is 31.2 Å². The quantitative estimate of drug-likeness (QED) is 0.821. The molecule has 2 fully saturated rings. The standard InChI is InChI=1S/C18H24N2O2/c21-16(19-13-14-7-3-1-4-8-14)18(11-12-18)17(22)20-15-9-5-2-6-10-15/h1,3-4,7-8,15H,2,5-6,9-13H2,(H,19,21)(H,20,22). The Bertz CT molecular complexity index is 531. The molecule has 22 heavy (non-hydrogen) atoms. The minimum Gasteiger partial charge on any atom is -0.352 e. The Morgan fingerprint density at radius 2 is 1.68 bits per heavy atom. The molecule has 0 radical (unpaired) electrons. The molecule has 2 aliphatic rings. The summed E-state index contributed by atoms with van der Waals surface area (Å²) in [5, 5.41) is 6.02. The summed E-state index contributed by atoms with van der Waals surface area (Å²) >= 11 is 0. The minimum atomic E-state index is -0.799. The van der Waals surface area contributed by atoms with E-state index in [1.54, 1.807) is 0 Å². The molecule has 0 saturated heterocycles. The van der Waals surface area contributed by atoms with E-state index in [9.17, 15) is 9.59 Å². The van der Waals surface area contributed by atoms with Crippen LogP contribution >= 0.6 is 0 Å². The Morgan fingerprint density at radius 3 is 2.32 bits per heavy atom. The molecule has 2 aliphatic carbocycles. The summed E-state index contributed by atoms with van der Waals surface area (Å²) in [6, 6.07) is 10.1. The third-order valence-corrected chi connectivity index (χ3v) is 4.86. The first-order valence-corrected chi connectivity index (χ1v) is 8.34. The molecule has 2 saturated carbocycles. The van der Waals surface area contributed by atoms with Crippen molar-refractivity contribution in [1.82, 2.24) is 10.6 Å². The van der Waals surface area contributed by atoms with Gasteiger partial charge in [0.25, 0.3) is 0 Å². The van der Waals surface area contributed by atoms with E-state index in [2.05, 4.69) is 10.6 Å². The van der Waals surface area contributed by atoms with Gasteiger partial charge in [0.2, 0.25) is 11.8 Å². The van der Waals surface area contributed by atoms with Gasteiger partial charge in [-0.3, -0.25) is 9.59 Å². The fourth-order valence-corrected chi connectivity index (χ4v) is 3.20. The molecule has 2 amide bonds. The lowest BCUT2D eigenvalue weighted by atomic mass is 9.94. The number of hydrogen-bond donors (Lipinski definition) is 2. The first-order valence-electron chi connectivity index (χ1n) is 8.34. The van der Waals surface area contributed by atoms with Gasteiger partial charge in [-0.2, -0.15) is 0 Å². The normalized spacial score (nSPS) is 20.2. The molecule has 3 rings (SSSR count). The van der Waals surface area contributed by atoms with Crippen molar-refractivity contribution in [2.45, 2.75) is 57.5 Å². The third-order valence-electron chi connectivity index (χ3n) is 4.86. The summed E-state index contributed by atoms with van der Waals surface area (Å²) in [6.45, 7) is 0.484. The van der Waals surface area contributed by atoms with Crippen LogP contribution in [0.1, 0.15) is 50.5 Å². The Labute approximate surface area is 131 Å². The van der Waals surface area contributed by atoms with Crippen LogP contribution in [0.3, 0.4) is 0 Å². The van der Waals surface area contributed by atoms with E-state index < -0.39 is 5.41 Å². The molecule has 0 heterocycles. The Hall–Kier alpha value is -1.84. The average molecular weight is 300 g/mol. The second kappa shape index (κ2) is 6.51. The first-order chi connectivity index (χ1) is 10.7. The highest BCUT2D eigenvalue weighted by Crippen LogP contribution is 2.46. The van der Waals surface area contributed by atoms with E-state index in [0.717, 1.165) is 18.4 Å². The molecule has 0 spiro atoms. The number of benzene rings is 1. The lowest BCUT2D eigenvalue weighted by Gasteiger charge is -2.25. The highest BCUT2D eigenvalue weighted by atomic mass is 16.2. The zero-order chi connectivity index (χ0) is 15.4. The summed E-state index contributed by atoms with van der Waals surface area (Å²) < 4.78 is 0. The molecule has 118 valence electrons. The highest BCUT2D eigenvalue weighted by Gasteiger charge is 2.56. The van der Waals surface area contributed by atoms with Gasteiger partial charge in [-0.25, -0.2) is 0 Å². The fraction of sp³-hybridized carbons (Fsp3) is 0.556. The molecular weight excluding hydrogens is 276 g/mol. The molecule has 0 unspecified atom stereocenters. The number of carbonyl (C=O) groups is 2. The van der Waals surface area contributed by atoms with Crippen molar-refractivity contribution in [2.75, 3.05) is 0 Å². The summed E-state index contributed by atoms with van der Waals surface area (Å²) in [5.74, 6) is -0.186. The van der Waals surface area contributed by atoms with Crippen LogP contribution in [0, 0.1) is 5.41 Å². The zero-order valence-electron chi connectivity index (χ0n) is 12.9. The average Bonchev–Trinajstić information content (AvgIpc) is 3.36. The molecule has 0 bridgehead atoms. The van der Waals surface area contributed by atoms with Gasteiger partial charge in [0.1, 0.15) is 5.41 Å². The second-order valence-corrected chi connectivity index (χ2v) is 6.56. The van der Waals surface area contributed by atoms with Crippen molar-refractivity contribution < 1.29 is 9.59 Å². The van der Waals surface area contributed by atoms with E-state index in [-0.39, 0.29) is 17.9 Å². The number of hydrogen-bond acceptors (Lipinski definition) is 2. The van der Waals surface area contributed by atoms with Crippen LogP contribution in [-0.4, -0.2) is 17.9 Å². The van der Waals surface area contributed by atoms with E-state index in [4.69, 9.17) is 0 Å². The van der Waals surface area contributed by atoms with Crippen molar-refractivity contribution >= 4 is 11.8 Å². The topological polar surface area (TPSA) is 58.2 Å². The van der Waals surface area contributed by atoms with Crippen molar-refractivity contribution in [3.63, 3.8) is 0 Å². The van der Waals surface area contributed by atoms with Gasteiger partial charge >= 0.3 is 0 Å². The largest absolute Gasteiger partial charge is 0.352 e. The van der Waals surface area contributed by atoms with Crippen molar-refractivity contribution in [3.05, 3.63) is 35.9 Å². The van der Waals surface area contributed by atoms with E-state index in [1.807, 2.05) is 30.3 Å². The smallest absolute Gasteiger partial charge is 0.235 e. The molecule has 0 aromatic heterocycles. The molecule has 0 aliphatic heterocycles. The maximum atomic E-state index is 12.5. The second-order valence-electron chi connectivity index (χ2n) is 6.56. The summed E-state index contributed by atoms with van der Waals surface area (Å²) in [7, 11) is 0. The zero-order valence-corrected chi connectivity index (χ0v) is 12.9. The van der Waals surface area contributed by atoms with Crippen LogP contribution < -0.4 is 10.6 Å². The van der Waals surface area contributed by atoms with Crippen LogP contribution in [0.25, 0.3) is 0 Å². The first kappa shape index (κ1) is 15.1. The molecule has 1 aromatic carbocycles. The van der Waals surface area contributed by atoms with Crippen LogP contribution in [0.4, 0.5) is 0 Å². The Morgan fingerprint density at radius 1 is 1.00 bits per heavy atom.